The number of alkyl halides is 3. The Hall–Kier alpha value is -0.340. The molecule has 19 heavy (non-hydrogen) atoms. The fourth-order valence-electron chi connectivity index (χ4n) is 2.22. The summed E-state index contributed by atoms with van der Waals surface area (Å²) in [4.78, 5) is 0. The highest BCUT2D eigenvalue weighted by Crippen LogP contribution is 2.25. The Morgan fingerprint density at radius 2 is 1.74 bits per heavy atom. The maximum absolute atomic E-state index is 11.9. The number of hydrogen-bond acceptors (Lipinski definition) is 3. The van der Waals surface area contributed by atoms with E-state index in [1.165, 1.54) is 0 Å². The Morgan fingerprint density at radius 1 is 1.16 bits per heavy atom. The van der Waals surface area contributed by atoms with Gasteiger partial charge >= 0.3 is 6.18 Å². The molecule has 0 amide bonds. The van der Waals surface area contributed by atoms with E-state index in [2.05, 4.69) is 4.72 Å². The van der Waals surface area contributed by atoms with Crippen molar-refractivity contribution in [2.24, 2.45) is 5.73 Å². The Bertz CT molecular complexity index is 376. The summed E-state index contributed by atoms with van der Waals surface area (Å²) in [5.74, 6) is -0.511. The van der Waals surface area contributed by atoms with Crippen molar-refractivity contribution in [1.82, 2.24) is 4.72 Å². The van der Waals surface area contributed by atoms with Gasteiger partial charge in [0.05, 0.1) is 5.75 Å². The van der Waals surface area contributed by atoms with Crippen LogP contribution in [0.4, 0.5) is 13.2 Å². The fourth-order valence-corrected chi connectivity index (χ4v) is 3.40. The summed E-state index contributed by atoms with van der Waals surface area (Å²) >= 11 is 0. The first-order valence-corrected chi connectivity index (χ1v) is 8.10. The second-order valence-corrected chi connectivity index (χ2v) is 7.21. The fraction of sp³-hybridized carbons (Fsp3) is 1.00. The third-order valence-corrected chi connectivity index (χ3v) is 4.78. The molecule has 0 atom stereocenters. The Balaban J connectivity index is 2.34. The molecule has 1 aliphatic carbocycles. The van der Waals surface area contributed by atoms with Gasteiger partial charge < -0.3 is 5.73 Å². The quantitative estimate of drug-likeness (QED) is 0.787. The molecule has 0 spiro atoms. The van der Waals surface area contributed by atoms with Crippen LogP contribution in [0, 0.1) is 0 Å². The number of rotatable bonds is 6. The molecule has 0 aromatic rings. The Morgan fingerprint density at radius 3 is 2.26 bits per heavy atom. The average Bonchev–Trinajstić information content (AvgIpc) is 2.26. The average molecular weight is 302 g/mol. The lowest BCUT2D eigenvalue weighted by molar-refractivity contribution is -0.134. The lowest BCUT2D eigenvalue weighted by Crippen LogP contribution is -2.51. The van der Waals surface area contributed by atoms with Gasteiger partial charge in [0.2, 0.25) is 10.0 Å². The van der Waals surface area contributed by atoms with Crippen molar-refractivity contribution in [2.75, 3.05) is 12.3 Å². The maximum atomic E-state index is 11.9. The summed E-state index contributed by atoms with van der Waals surface area (Å²) in [5, 5.41) is 0. The second kappa shape index (κ2) is 6.41. The molecule has 8 heteroatoms. The minimum Gasteiger partial charge on any atom is -0.324 e. The van der Waals surface area contributed by atoms with E-state index in [1.54, 1.807) is 0 Å². The van der Waals surface area contributed by atoms with Crippen LogP contribution in [0.2, 0.25) is 0 Å². The first-order valence-electron chi connectivity index (χ1n) is 6.45. The van der Waals surface area contributed by atoms with Gasteiger partial charge in [-0.3, -0.25) is 0 Å². The van der Waals surface area contributed by atoms with Gasteiger partial charge in [0, 0.05) is 18.5 Å². The molecule has 0 radical (unpaired) electrons. The molecule has 3 N–H and O–H groups in total. The van der Waals surface area contributed by atoms with Crippen LogP contribution in [-0.2, 0) is 10.0 Å². The number of hydrogen-bond donors (Lipinski definition) is 2. The van der Waals surface area contributed by atoms with Gasteiger partial charge in [0.15, 0.2) is 0 Å². The molecular formula is C11H21F3N2O2S. The van der Waals surface area contributed by atoms with E-state index in [-0.39, 0.29) is 6.54 Å². The third-order valence-electron chi connectivity index (χ3n) is 3.37. The van der Waals surface area contributed by atoms with E-state index in [4.69, 9.17) is 5.73 Å². The van der Waals surface area contributed by atoms with Gasteiger partial charge in [-0.05, 0) is 19.3 Å². The lowest BCUT2D eigenvalue weighted by Gasteiger charge is -2.33. The molecule has 0 aromatic heterocycles. The summed E-state index contributed by atoms with van der Waals surface area (Å²) in [7, 11) is -3.67. The van der Waals surface area contributed by atoms with Gasteiger partial charge in [-0.15, -0.1) is 0 Å². The molecule has 0 heterocycles. The standard InChI is InChI=1S/C11H21F3N2O2S/c12-11(13,14)7-4-8-19(17,18)16-9-10(15)5-2-1-3-6-10/h16H,1-9,15H2. The van der Waals surface area contributed by atoms with Crippen molar-refractivity contribution < 1.29 is 21.6 Å². The van der Waals surface area contributed by atoms with Gasteiger partial charge in [-0.2, -0.15) is 13.2 Å². The zero-order chi connectivity index (χ0) is 14.6. The van der Waals surface area contributed by atoms with E-state index in [9.17, 15) is 21.6 Å². The molecule has 4 nitrogen and oxygen atoms in total. The van der Waals surface area contributed by atoms with Crippen LogP contribution in [0.25, 0.3) is 0 Å². The van der Waals surface area contributed by atoms with Gasteiger partial charge in [0.1, 0.15) is 0 Å². The van der Waals surface area contributed by atoms with Gasteiger partial charge in [0.25, 0.3) is 0 Å². The predicted molar refractivity (Wildman–Crippen MR) is 67.1 cm³/mol. The van der Waals surface area contributed by atoms with Crippen LogP contribution in [0.1, 0.15) is 44.9 Å². The summed E-state index contributed by atoms with van der Waals surface area (Å²) in [6.45, 7) is 0.112. The minimum absolute atomic E-state index is 0.112. The monoisotopic (exact) mass is 302 g/mol. The smallest absolute Gasteiger partial charge is 0.324 e. The van der Waals surface area contributed by atoms with Crippen molar-refractivity contribution in [2.45, 2.75) is 56.7 Å². The zero-order valence-corrected chi connectivity index (χ0v) is 11.6. The largest absolute Gasteiger partial charge is 0.389 e. The molecule has 114 valence electrons. The van der Waals surface area contributed by atoms with Crippen molar-refractivity contribution in [3.05, 3.63) is 0 Å². The van der Waals surface area contributed by atoms with Crippen LogP contribution in [0.15, 0.2) is 0 Å². The first kappa shape index (κ1) is 16.7. The highest BCUT2D eigenvalue weighted by atomic mass is 32.2. The number of sulfonamides is 1. The third kappa shape index (κ3) is 7.12. The van der Waals surface area contributed by atoms with Crippen LogP contribution in [0.5, 0.6) is 0 Å². The molecule has 1 aliphatic rings. The van der Waals surface area contributed by atoms with Crippen LogP contribution < -0.4 is 10.5 Å². The molecule has 1 fully saturated rings. The van der Waals surface area contributed by atoms with Crippen molar-refractivity contribution in [1.29, 1.82) is 0 Å². The Kier molecular flexibility index (Phi) is 5.64. The van der Waals surface area contributed by atoms with E-state index in [0.29, 0.717) is 0 Å². The molecule has 1 rings (SSSR count). The predicted octanol–water partition coefficient (Wildman–Crippen LogP) is 1.91. The molecule has 1 saturated carbocycles. The van der Waals surface area contributed by atoms with E-state index in [1.807, 2.05) is 0 Å². The SMILES string of the molecule is NC1(CNS(=O)(=O)CCCC(F)(F)F)CCCCC1. The lowest BCUT2D eigenvalue weighted by atomic mass is 9.83. The number of nitrogens with one attached hydrogen (secondary N) is 1. The van der Waals surface area contributed by atoms with Crippen LogP contribution in [-0.4, -0.2) is 32.4 Å². The summed E-state index contributed by atoms with van der Waals surface area (Å²) in [6, 6.07) is 0. The highest BCUT2D eigenvalue weighted by Gasteiger charge is 2.30. The summed E-state index contributed by atoms with van der Waals surface area (Å²) < 4.78 is 61.3. The maximum Gasteiger partial charge on any atom is 0.389 e. The number of halogens is 3. The molecule has 0 aromatic carbocycles. The molecule has 0 bridgehead atoms. The van der Waals surface area contributed by atoms with Crippen LogP contribution >= 0.6 is 0 Å². The molecular weight excluding hydrogens is 281 g/mol. The van der Waals surface area contributed by atoms with Crippen molar-refractivity contribution >= 4 is 10.0 Å². The normalized spacial score (nSPS) is 20.4. The number of nitrogens with two attached hydrogens (primary N) is 1. The van der Waals surface area contributed by atoms with Crippen molar-refractivity contribution in [3.8, 4) is 0 Å². The Labute approximate surface area is 112 Å². The zero-order valence-electron chi connectivity index (χ0n) is 10.8. The van der Waals surface area contributed by atoms with Crippen molar-refractivity contribution in [3.63, 3.8) is 0 Å². The van der Waals surface area contributed by atoms with E-state index >= 15 is 0 Å². The topological polar surface area (TPSA) is 72.2 Å². The van der Waals surface area contributed by atoms with Crippen LogP contribution in [0.3, 0.4) is 0 Å². The van der Waals surface area contributed by atoms with Gasteiger partial charge in [-0.25, -0.2) is 13.1 Å². The molecule has 0 saturated heterocycles. The highest BCUT2D eigenvalue weighted by molar-refractivity contribution is 7.89. The summed E-state index contributed by atoms with van der Waals surface area (Å²) in [6.07, 6.45) is -1.29. The molecule has 0 unspecified atom stereocenters. The first-order chi connectivity index (χ1) is 8.62. The minimum atomic E-state index is -4.31. The van der Waals surface area contributed by atoms with E-state index < -0.39 is 40.3 Å². The molecule has 0 aliphatic heterocycles. The second-order valence-electron chi connectivity index (χ2n) is 5.28. The summed E-state index contributed by atoms with van der Waals surface area (Å²) in [5.41, 5.74) is 5.51. The van der Waals surface area contributed by atoms with E-state index in [0.717, 1.165) is 32.1 Å². The van der Waals surface area contributed by atoms with Gasteiger partial charge in [-0.1, -0.05) is 19.3 Å².